The Hall–Kier alpha value is -1.99. The van der Waals surface area contributed by atoms with E-state index in [1.807, 2.05) is 12.1 Å². The van der Waals surface area contributed by atoms with E-state index in [0.717, 1.165) is 5.02 Å². The predicted octanol–water partition coefficient (Wildman–Crippen LogP) is 5.53. The SMILES string of the molecule is Cc1cc(-c2ccc(Cl)cc2)cc2cc(N(C)C)ccc12. The van der Waals surface area contributed by atoms with Crippen molar-refractivity contribution >= 4 is 28.1 Å². The lowest BCUT2D eigenvalue weighted by Crippen LogP contribution is -2.08. The molecule has 0 aliphatic heterocycles. The minimum Gasteiger partial charge on any atom is -0.378 e. The van der Waals surface area contributed by atoms with Gasteiger partial charge in [0.1, 0.15) is 0 Å². The molecule has 0 saturated carbocycles. The van der Waals surface area contributed by atoms with E-state index in [1.54, 1.807) is 0 Å². The maximum absolute atomic E-state index is 5.98. The van der Waals surface area contributed by atoms with Crippen LogP contribution >= 0.6 is 11.6 Å². The van der Waals surface area contributed by atoms with Crippen LogP contribution in [0, 0.1) is 6.92 Å². The van der Waals surface area contributed by atoms with Crippen LogP contribution in [0.4, 0.5) is 5.69 Å². The van der Waals surface area contributed by atoms with E-state index in [4.69, 9.17) is 11.6 Å². The molecule has 1 nitrogen and oxygen atoms in total. The number of hydrogen-bond donors (Lipinski definition) is 0. The summed E-state index contributed by atoms with van der Waals surface area (Å²) in [5.41, 5.74) is 4.94. The molecule has 0 aromatic heterocycles. The summed E-state index contributed by atoms with van der Waals surface area (Å²) < 4.78 is 0. The molecule has 0 bridgehead atoms. The minimum atomic E-state index is 0.770. The first kappa shape index (κ1) is 14.0. The fourth-order valence-electron chi connectivity index (χ4n) is 2.64. The lowest BCUT2D eigenvalue weighted by atomic mass is 9.97. The highest BCUT2D eigenvalue weighted by Crippen LogP contribution is 2.30. The van der Waals surface area contributed by atoms with E-state index in [2.05, 4.69) is 68.4 Å². The maximum Gasteiger partial charge on any atom is 0.0406 e. The molecule has 0 aliphatic carbocycles. The van der Waals surface area contributed by atoms with E-state index in [9.17, 15) is 0 Å². The van der Waals surface area contributed by atoms with Crippen molar-refractivity contribution in [3.05, 3.63) is 65.2 Å². The Labute approximate surface area is 130 Å². The lowest BCUT2D eigenvalue weighted by Gasteiger charge is -2.15. The molecule has 0 atom stereocenters. The van der Waals surface area contributed by atoms with Crippen molar-refractivity contribution in [2.75, 3.05) is 19.0 Å². The largest absolute Gasteiger partial charge is 0.378 e. The predicted molar refractivity (Wildman–Crippen MR) is 93.5 cm³/mol. The van der Waals surface area contributed by atoms with E-state index in [-0.39, 0.29) is 0 Å². The van der Waals surface area contributed by atoms with Gasteiger partial charge in [0.2, 0.25) is 0 Å². The molecule has 0 heterocycles. The van der Waals surface area contributed by atoms with Gasteiger partial charge in [-0.1, -0.05) is 35.9 Å². The molecule has 0 N–H and O–H groups in total. The maximum atomic E-state index is 5.98. The Bertz CT molecular complexity index is 789. The molecule has 3 rings (SSSR count). The smallest absolute Gasteiger partial charge is 0.0406 e. The van der Waals surface area contributed by atoms with Gasteiger partial charge in [-0.2, -0.15) is 0 Å². The summed E-state index contributed by atoms with van der Waals surface area (Å²) in [4.78, 5) is 2.13. The highest BCUT2D eigenvalue weighted by Gasteiger charge is 2.05. The van der Waals surface area contributed by atoms with Crippen LogP contribution in [-0.4, -0.2) is 14.1 Å². The second-order valence-electron chi connectivity index (χ2n) is 5.60. The topological polar surface area (TPSA) is 3.24 Å². The first-order valence-electron chi connectivity index (χ1n) is 7.02. The Morgan fingerprint density at radius 1 is 0.810 bits per heavy atom. The number of benzene rings is 3. The molecule has 21 heavy (non-hydrogen) atoms. The van der Waals surface area contributed by atoms with Crippen LogP contribution in [0.25, 0.3) is 21.9 Å². The zero-order valence-corrected chi connectivity index (χ0v) is 13.3. The van der Waals surface area contributed by atoms with Gasteiger partial charge < -0.3 is 4.90 Å². The fourth-order valence-corrected chi connectivity index (χ4v) is 2.76. The van der Waals surface area contributed by atoms with Crippen LogP contribution in [0.5, 0.6) is 0 Å². The van der Waals surface area contributed by atoms with E-state index in [0.29, 0.717) is 0 Å². The molecule has 3 aromatic rings. The number of anilines is 1. The van der Waals surface area contributed by atoms with Crippen LogP contribution in [0.1, 0.15) is 5.56 Å². The van der Waals surface area contributed by atoms with Gasteiger partial charge in [0.05, 0.1) is 0 Å². The van der Waals surface area contributed by atoms with Crippen molar-refractivity contribution in [3.63, 3.8) is 0 Å². The Kier molecular flexibility index (Phi) is 3.60. The van der Waals surface area contributed by atoms with Gasteiger partial charge in [-0.15, -0.1) is 0 Å². The van der Waals surface area contributed by atoms with Gasteiger partial charge in [-0.25, -0.2) is 0 Å². The van der Waals surface area contributed by atoms with Crippen molar-refractivity contribution in [3.8, 4) is 11.1 Å². The summed E-state index contributed by atoms with van der Waals surface area (Å²) in [6.07, 6.45) is 0. The van der Waals surface area contributed by atoms with Crippen LogP contribution in [0.2, 0.25) is 5.02 Å². The van der Waals surface area contributed by atoms with Crippen LogP contribution < -0.4 is 4.90 Å². The van der Waals surface area contributed by atoms with Crippen LogP contribution in [0.3, 0.4) is 0 Å². The molecule has 0 aliphatic rings. The Morgan fingerprint density at radius 2 is 1.52 bits per heavy atom. The van der Waals surface area contributed by atoms with Gasteiger partial charge in [0, 0.05) is 24.8 Å². The molecule has 2 heteroatoms. The zero-order valence-electron chi connectivity index (χ0n) is 12.5. The molecule has 0 radical (unpaired) electrons. The third-order valence-corrected chi connectivity index (χ3v) is 4.09. The number of hydrogen-bond acceptors (Lipinski definition) is 1. The number of halogens is 1. The molecule has 3 aromatic carbocycles. The highest BCUT2D eigenvalue weighted by molar-refractivity contribution is 6.30. The van der Waals surface area contributed by atoms with Crippen LogP contribution in [-0.2, 0) is 0 Å². The summed E-state index contributed by atoms with van der Waals surface area (Å²) in [5, 5.41) is 3.34. The molecular weight excluding hydrogens is 278 g/mol. The first-order chi connectivity index (χ1) is 10.0. The molecule has 0 unspecified atom stereocenters. The number of rotatable bonds is 2. The molecule has 0 fully saturated rings. The van der Waals surface area contributed by atoms with Crippen molar-refractivity contribution in [1.82, 2.24) is 0 Å². The van der Waals surface area contributed by atoms with Gasteiger partial charge in [-0.3, -0.25) is 0 Å². The second kappa shape index (κ2) is 5.42. The Morgan fingerprint density at radius 3 is 2.19 bits per heavy atom. The second-order valence-corrected chi connectivity index (χ2v) is 6.04. The average molecular weight is 296 g/mol. The third kappa shape index (κ3) is 2.74. The molecule has 0 spiro atoms. The summed E-state index contributed by atoms with van der Waals surface area (Å²) in [6.45, 7) is 2.16. The monoisotopic (exact) mass is 295 g/mol. The van der Waals surface area contributed by atoms with E-state index >= 15 is 0 Å². The van der Waals surface area contributed by atoms with Crippen molar-refractivity contribution in [2.24, 2.45) is 0 Å². The summed E-state index contributed by atoms with van der Waals surface area (Å²) in [5.74, 6) is 0. The number of aryl methyl sites for hydroxylation is 1. The van der Waals surface area contributed by atoms with Crippen molar-refractivity contribution in [2.45, 2.75) is 6.92 Å². The molecule has 0 amide bonds. The highest BCUT2D eigenvalue weighted by atomic mass is 35.5. The van der Waals surface area contributed by atoms with E-state index < -0.39 is 0 Å². The van der Waals surface area contributed by atoms with Crippen molar-refractivity contribution < 1.29 is 0 Å². The summed E-state index contributed by atoms with van der Waals surface area (Å²) >= 11 is 5.98. The summed E-state index contributed by atoms with van der Waals surface area (Å²) in [6, 6.07) is 19.1. The Balaban J connectivity index is 2.18. The molecular formula is C19H18ClN. The molecule has 0 saturated heterocycles. The number of fused-ring (bicyclic) bond motifs is 1. The van der Waals surface area contributed by atoms with Gasteiger partial charge >= 0.3 is 0 Å². The lowest BCUT2D eigenvalue weighted by molar-refractivity contribution is 1.13. The molecule has 106 valence electrons. The van der Waals surface area contributed by atoms with Gasteiger partial charge in [0.25, 0.3) is 0 Å². The normalized spacial score (nSPS) is 10.9. The van der Waals surface area contributed by atoms with Gasteiger partial charge in [0.15, 0.2) is 0 Å². The first-order valence-corrected chi connectivity index (χ1v) is 7.40. The third-order valence-electron chi connectivity index (χ3n) is 3.84. The average Bonchev–Trinajstić information content (AvgIpc) is 2.47. The fraction of sp³-hybridized carbons (Fsp3) is 0.158. The van der Waals surface area contributed by atoms with Gasteiger partial charge in [-0.05, 0) is 64.7 Å². The van der Waals surface area contributed by atoms with Crippen LogP contribution in [0.15, 0.2) is 54.6 Å². The quantitative estimate of drug-likeness (QED) is 0.600. The van der Waals surface area contributed by atoms with Crippen molar-refractivity contribution in [1.29, 1.82) is 0 Å². The zero-order chi connectivity index (χ0) is 15.0. The summed E-state index contributed by atoms with van der Waals surface area (Å²) in [7, 11) is 4.13. The minimum absolute atomic E-state index is 0.770. The van der Waals surface area contributed by atoms with E-state index in [1.165, 1.54) is 33.2 Å². The number of nitrogens with zero attached hydrogens (tertiary/aromatic N) is 1. The standard InChI is InChI=1S/C19H18ClN/c1-13-10-15(14-4-6-17(20)7-5-14)11-16-12-18(21(2)3)8-9-19(13)16/h4-12H,1-3H3.